The molecule has 2 aromatic carbocycles. The SMILES string of the molecule is O=C(Cc1n[nH]c(=O)c2ccccc12)N1CCN(C(=O)c2ccc(C(F)(F)F)cc2)CC1. The molecule has 0 aliphatic carbocycles. The maximum absolute atomic E-state index is 12.8. The molecule has 1 saturated heterocycles. The van der Waals surface area contributed by atoms with Gasteiger partial charge in [-0.25, -0.2) is 5.10 Å². The lowest BCUT2D eigenvalue weighted by atomic mass is 10.1. The van der Waals surface area contributed by atoms with Gasteiger partial charge in [-0.1, -0.05) is 18.2 Å². The number of alkyl halides is 3. The lowest BCUT2D eigenvalue weighted by molar-refractivity contribution is -0.137. The van der Waals surface area contributed by atoms with Crippen LogP contribution in [0.25, 0.3) is 10.8 Å². The van der Waals surface area contributed by atoms with Crippen molar-refractivity contribution in [1.82, 2.24) is 20.0 Å². The fourth-order valence-electron chi connectivity index (χ4n) is 3.70. The first-order chi connectivity index (χ1) is 15.2. The van der Waals surface area contributed by atoms with Gasteiger partial charge in [0.15, 0.2) is 0 Å². The fraction of sp³-hybridized carbons (Fsp3) is 0.273. The predicted octanol–water partition coefficient (Wildman–Crippen LogP) is 2.47. The fourth-order valence-corrected chi connectivity index (χ4v) is 3.70. The van der Waals surface area contributed by atoms with Crippen molar-refractivity contribution in [2.75, 3.05) is 26.2 Å². The minimum Gasteiger partial charge on any atom is -0.339 e. The summed E-state index contributed by atoms with van der Waals surface area (Å²) in [7, 11) is 0. The standard InChI is InChI=1S/C22H19F3N4O3/c23-22(24,25)15-7-5-14(6-8-15)21(32)29-11-9-28(10-12-29)19(30)13-18-16-3-1-2-4-17(16)20(31)27-26-18/h1-8H,9-13H2,(H,27,31). The number of aromatic amines is 1. The third kappa shape index (κ3) is 4.34. The van der Waals surface area contributed by atoms with Crippen molar-refractivity contribution in [3.63, 3.8) is 0 Å². The molecule has 0 unspecified atom stereocenters. The van der Waals surface area contributed by atoms with E-state index in [1.807, 2.05) is 0 Å². The van der Waals surface area contributed by atoms with Crippen LogP contribution >= 0.6 is 0 Å². The maximum atomic E-state index is 12.8. The molecular weight excluding hydrogens is 425 g/mol. The Kier molecular flexibility index (Phi) is 5.68. The first-order valence-electron chi connectivity index (χ1n) is 9.94. The Labute approximate surface area is 180 Å². The van der Waals surface area contributed by atoms with Gasteiger partial charge in [0.1, 0.15) is 0 Å². The smallest absolute Gasteiger partial charge is 0.339 e. The molecule has 0 spiro atoms. The highest BCUT2D eigenvalue weighted by Gasteiger charge is 2.31. The molecular formula is C22H19F3N4O3. The second kappa shape index (κ2) is 8.45. The van der Waals surface area contributed by atoms with Crippen LogP contribution in [-0.4, -0.2) is 58.0 Å². The van der Waals surface area contributed by atoms with Crippen molar-refractivity contribution in [2.24, 2.45) is 0 Å². The molecule has 1 aliphatic heterocycles. The van der Waals surface area contributed by atoms with E-state index in [4.69, 9.17) is 0 Å². The van der Waals surface area contributed by atoms with E-state index in [2.05, 4.69) is 10.2 Å². The normalized spacial score (nSPS) is 14.6. The summed E-state index contributed by atoms with van der Waals surface area (Å²) in [6.45, 7) is 1.13. The zero-order chi connectivity index (χ0) is 22.9. The molecule has 1 N–H and O–H groups in total. The second-order valence-corrected chi connectivity index (χ2v) is 7.47. The Morgan fingerprint density at radius 2 is 1.50 bits per heavy atom. The number of fused-ring (bicyclic) bond motifs is 1. The van der Waals surface area contributed by atoms with Crippen molar-refractivity contribution < 1.29 is 22.8 Å². The minimum absolute atomic E-state index is 0.00411. The summed E-state index contributed by atoms with van der Waals surface area (Å²) in [6.07, 6.45) is -4.45. The average molecular weight is 444 g/mol. The number of halogens is 3. The van der Waals surface area contributed by atoms with Gasteiger partial charge < -0.3 is 9.80 Å². The quantitative estimate of drug-likeness (QED) is 0.673. The Hall–Kier alpha value is -3.69. The van der Waals surface area contributed by atoms with Crippen molar-refractivity contribution in [2.45, 2.75) is 12.6 Å². The van der Waals surface area contributed by atoms with Gasteiger partial charge in [0, 0.05) is 37.1 Å². The van der Waals surface area contributed by atoms with E-state index in [1.54, 1.807) is 29.2 Å². The van der Waals surface area contributed by atoms with Crippen LogP contribution in [0.15, 0.2) is 53.3 Å². The molecule has 3 aromatic rings. The van der Waals surface area contributed by atoms with E-state index in [9.17, 15) is 27.6 Å². The number of piperazine rings is 1. The van der Waals surface area contributed by atoms with Crippen LogP contribution in [0, 0.1) is 0 Å². The molecule has 0 bridgehead atoms. The van der Waals surface area contributed by atoms with Gasteiger partial charge in [-0.2, -0.15) is 18.3 Å². The molecule has 1 aliphatic rings. The molecule has 32 heavy (non-hydrogen) atoms. The monoisotopic (exact) mass is 444 g/mol. The predicted molar refractivity (Wildman–Crippen MR) is 110 cm³/mol. The van der Waals surface area contributed by atoms with E-state index in [1.165, 1.54) is 4.90 Å². The van der Waals surface area contributed by atoms with Gasteiger partial charge in [0.25, 0.3) is 11.5 Å². The van der Waals surface area contributed by atoms with E-state index in [0.717, 1.165) is 24.3 Å². The van der Waals surface area contributed by atoms with Crippen LogP contribution in [0.1, 0.15) is 21.6 Å². The van der Waals surface area contributed by atoms with E-state index < -0.39 is 11.7 Å². The first-order valence-corrected chi connectivity index (χ1v) is 9.94. The summed E-state index contributed by atoms with van der Waals surface area (Å²) in [6, 6.07) is 11.0. The van der Waals surface area contributed by atoms with Crippen LogP contribution < -0.4 is 5.56 Å². The molecule has 2 amide bonds. The molecule has 166 valence electrons. The van der Waals surface area contributed by atoms with E-state index >= 15 is 0 Å². The Balaban J connectivity index is 1.38. The summed E-state index contributed by atoms with van der Waals surface area (Å²) in [5, 5.41) is 7.49. The van der Waals surface area contributed by atoms with Crippen LogP contribution in [0.5, 0.6) is 0 Å². The first kappa shape index (κ1) is 21.5. The molecule has 0 saturated carbocycles. The number of aromatic nitrogens is 2. The van der Waals surface area contributed by atoms with Gasteiger partial charge in [-0.05, 0) is 30.3 Å². The second-order valence-electron chi connectivity index (χ2n) is 7.47. The number of H-pyrrole nitrogens is 1. The van der Waals surface area contributed by atoms with Gasteiger partial charge >= 0.3 is 6.18 Å². The van der Waals surface area contributed by atoms with E-state index in [0.29, 0.717) is 29.6 Å². The number of nitrogens with one attached hydrogen (secondary N) is 1. The lowest BCUT2D eigenvalue weighted by Crippen LogP contribution is -2.51. The lowest BCUT2D eigenvalue weighted by Gasteiger charge is -2.35. The number of carbonyl (C=O) groups is 2. The Bertz CT molecular complexity index is 1210. The van der Waals surface area contributed by atoms with Crippen LogP contribution in [0.2, 0.25) is 0 Å². The topological polar surface area (TPSA) is 86.4 Å². The van der Waals surface area contributed by atoms with Gasteiger partial charge in [-0.3, -0.25) is 14.4 Å². The highest BCUT2D eigenvalue weighted by atomic mass is 19.4. The third-order valence-corrected chi connectivity index (χ3v) is 5.47. The summed E-state index contributed by atoms with van der Waals surface area (Å²) in [5.74, 6) is -0.560. The Morgan fingerprint density at radius 1 is 0.906 bits per heavy atom. The minimum atomic E-state index is -4.46. The molecule has 7 nitrogen and oxygen atoms in total. The number of amides is 2. The largest absolute Gasteiger partial charge is 0.416 e. The number of rotatable bonds is 3. The molecule has 1 aromatic heterocycles. The summed E-state index contributed by atoms with van der Waals surface area (Å²) < 4.78 is 38.1. The molecule has 4 rings (SSSR count). The van der Waals surface area contributed by atoms with Crippen LogP contribution in [-0.2, 0) is 17.4 Å². The summed E-state index contributed by atoms with van der Waals surface area (Å²) >= 11 is 0. The molecule has 2 heterocycles. The van der Waals surface area contributed by atoms with Crippen LogP contribution in [0.3, 0.4) is 0 Å². The number of benzene rings is 2. The number of hydrogen-bond donors (Lipinski definition) is 1. The number of nitrogens with zero attached hydrogens (tertiary/aromatic N) is 3. The van der Waals surface area contributed by atoms with Crippen molar-refractivity contribution in [3.05, 3.63) is 75.7 Å². The zero-order valence-corrected chi connectivity index (χ0v) is 16.9. The molecule has 0 atom stereocenters. The number of hydrogen-bond acceptors (Lipinski definition) is 4. The molecule has 10 heteroatoms. The van der Waals surface area contributed by atoms with Gasteiger partial charge in [0.05, 0.1) is 23.1 Å². The third-order valence-electron chi connectivity index (χ3n) is 5.47. The molecule has 1 fully saturated rings. The summed E-state index contributed by atoms with van der Waals surface area (Å²) in [5.41, 5.74) is -0.504. The van der Waals surface area contributed by atoms with Gasteiger partial charge in [-0.15, -0.1) is 0 Å². The van der Waals surface area contributed by atoms with Crippen molar-refractivity contribution in [3.8, 4) is 0 Å². The highest BCUT2D eigenvalue weighted by Crippen LogP contribution is 2.29. The van der Waals surface area contributed by atoms with Crippen molar-refractivity contribution >= 4 is 22.6 Å². The van der Waals surface area contributed by atoms with Crippen molar-refractivity contribution in [1.29, 1.82) is 0 Å². The number of carbonyl (C=O) groups excluding carboxylic acids is 2. The zero-order valence-electron chi connectivity index (χ0n) is 16.9. The average Bonchev–Trinajstić information content (AvgIpc) is 2.80. The summed E-state index contributed by atoms with van der Waals surface area (Å²) in [4.78, 5) is 40.4. The van der Waals surface area contributed by atoms with Gasteiger partial charge in [0.2, 0.25) is 5.91 Å². The highest BCUT2D eigenvalue weighted by molar-refractivity contribution is 5.94. The molecule has 0 radical (unpaired) electrons. The van der Waals surface area contributed by atoms with Crippen LogP contribution in [0.4, 0.5) is 13.2 Å². The maximum Gasteiger partial charge on any atom is 0.416 e. The van der Waals surface area contributed by atoms with E-state index in [-0.39, 0.29) is 42.4 Å². The Morgan fingerprint density at radius 3 is 2.12 bits per heavy atom.